The number of benzene rings is 3. The van der Waals surface area contributed by atoms with Gasteiger partial charge in [0.25, 0.3) is 0 Å². The number of hydrogen-bond donors (Lipinski definition) is 0. The fraction of sp³-hybridized carbons (Fsp3) is 0.438. The van der Waals surface area contributed by atoms with E-state index in [4.69, 9.17) is 9.47 Å². The molecule has 0 bridgehead atoms. The lowest BCUT2D eigenvalue weighted by atomic mass is 10.2. The highest BCUT2D eigenvalue weighted by Crippen LogP contribution is 2.15. The Morgan fingerprint density at radius 3 is 1.58 bits per heavy atom. The van der Waals surface area contributed by atoms with Crippen molar-refractivity contribution in [3.05, 3.63) is 102 Å². The Morgan fingerprint density at radius 1 is 0.639 bits per heavy atom. The molecule has 0 saturated carbocycles. The molecule has 36 heavy (non-hydrogen) atoms. The van der Waals surface area contributed by atoms with E-state index in [9.17, 15) is 0 Å². The van der Waals surface area contributed by atoms with Crippen molar-refractivity contribution in [1.29, 1.82) is 0 Å². The summed E-state index contributed by atoms with van der Waals surface area (Å²) in [5.74, 6) is 4.33. The predicted molar refractivity (Wildman–Crippen MR) is 165 cm³/mol. The molecule has 0 saturated heterocycles. The smallest absolute Gasteiger partial charge is 0.118 e. The molecule has 0 aromatic heterocycles. The van der Waals surface area contributed by atoms with Crippen LogP contribution in [-0.4, -0.2) is 25.7 Å². The highest BCUT2D eigenvalue weighted by atomic mass is 32.2. The third kappa shape index (κ3) is 20.3. The van der Waals surface area contributed by atoms with Crippen LogP contribution in [0.25, 0.3) is 0 Å². The summed E-state index contributed by atoms with van der Waals surface area (Å²) in [4.78, 5) is 0. The van der Waals surface area contributed by atoms with Gasteiger partial charge in [-0.3, -0.25) is 0 Å². The standard InChI is InChI=1S/C10H14OS.C9H12O.C8H10S.C5H12/c1-3-12-8-9-4-6-10(11-2)7-5-9;1-2-10-8-9-6-4-3-5-7-9;1-9-7-8-5-3-2-4-6-8;1-3-5-4-2/h4-7H,3,8H2,1-2H3;3-7H,2,8H2,1H3;2-6H,7H2,1H3;3-5H2,1-2H3. The lowest BCUT2D eigenvalue weighted by Crippen LogP contribution is -1.90. The molecular formula is C32H48O2S2. The van der Waals surface area contributed by atoms with Crippen LogP contribution in [0.5, 0.6) is 5.75 Å². The van der Waals surface area contributed by atoms with E-state index in [-0.39, 0.29) is 0 Å². The van der Waals surface area contributed by atoms with Crippen LogP contribution in [-0.2, 0) is 22.8 Å². The fourth-order valence-electron chi connectivity index (χ4n) is 2.83. The van der Waals surface area contributed by atoms with Crippen LogP contribution in [0.4, 0.5) is 0 Å². The molecule has 0 atom stereocenters. The fourth-order valence-corrected chi connectivity index (χ4v) is 3.99. The molecule has 0 N–H and O–H groups in total. The molecule has 0 spiro atoms. The van der Waals surface area contributed by atoms with Gasteiger partial charge in [-0.1, -0.05) is 113 Å². The molecule has 3 rings (SSSR count). The van der Waals surface area contributed by atoms with Crippen molar-refractivity contribution >= 4 is 23.5 Å². The van der Waals surface area contributed by atoms with Crippen LogP contribution in [0.3, 0.4) is 0 Å². The minimum atomic E-state index is 0.733. The first kappa shape index (κ1) is 34.1. The maximum absolute atomic E-state index is 5.22. The average molecular weight is 529 g/mol. The second kappa shape index (κ2) is 26.2. The highest BCUT2D eigenvalue weighted by Gasteiger charge is 1.93. The average Bonchev–Trinajstić information content (AvgIpc) is 2.94. The minimum Gasteiger partial charge on any atom is -0.497 e. The number of unbranched alkanes of at least 4 members (excludes halogenated alkanes) is 2. The van der Waals surface area contributed by atoms with E-state index in [1.165, 1.54) is 41.7 Å². The maximum Gasteiger partial charge on any atom is 0.118 e. The Kier molecular flexibility index (Phi) is 24.8. The molecule has 0 aliphatic heterocycles. The first-order chi connectivity index (χ1) is 17.6. The topological polar surface area (TPSA) is 18.5 Å². The zero-order chi connectivity index (χ0) is 26.7. The number of ether oxygens (including phenoxy) is 2. The van der Waals surface area contributed by atoms with E-state index in [0.29, 0.717) is 0 Å². The molecule has 0 amide bonds. The third-order valence-corrected chi connectivity index (χ3v) is 6.38. The summed E-state index contributed by atoms with van der Waals surface area (Å²) in [5.41, 5.74) is 4.01. The molecule has 3 aromatic rings. The van der Waals surface area contributed by atoms with Crippen molar-refractivity contribution < 1.29 is 9.47 Å². The van der Waals surface area contributed by atoms with Gasteiger partial charge in [0.1, 0.15) is 5.75 Å². The van der Waals surface area contributed by atoms with Crippen LogP contribution in [0, 0.1) is 0 Å². The van der Waals surface area contributed by atoms with Gasteiger partial charge < -0.3 is 9.47 Å². The van der Waals surface area contributed by atoms with Gasteiger partial charge in [0.05, 0.1) is 13.7 Å². The van der Waals surface area contributed by atoms with Gasteiger partial charge in [-0.15, -0.1) is 0 Å². The van der Waals surface area contributed by atoms with E-state index in [1.807, 2.05) is 66.8 Å². The molecule has 3 aromatic carbocycles. The van der Waals surface area contributed by atoms with Crippen molar-refractivity contribution in [1.82, 2.24) is 0 Å². The van der Waals surface area contributed by atoms with Gasteiger partial charge in [0.15, 0.2) is 0 Å². The molecule has 0 aliphatic carbocycles. The highest BCUT2D eigenvalue weighted by molar-refractivity contribution is 7.98. The minimum absolute atomic E-state index is 0.733. The largest absolute Gasteiger partial charge is 0.497 e. The second-order valence-electron chi connectivity index (χ2n) is 7.88. The van der Waals surface area contributed by atoms with Crippen molar-refractivity contribution in [3.8, 4) is 5.75 Å². The Morgan fingerprint density at radius 2 is 1.17 bits per heavy atom. The number of methoxy groups -OCH3 is 1. The first-order valence-corrected chi connectivity index (χ1v) is 15.5. The van der Waals surface area contributed by atoms with Gasteiger partial charge in [-0.2, -0.15) is 23.5 Å². The lowest BCUT2D eigenvalue weighted by molar-refractivity contribution is 0.134. The first-order valence-electron chi connectivity index (χ1n) is 13.0. The van der Waals surface area contributed by atoms with Gasteiger partial charge >= 0.3 is 0 Å². The molecule has 2 nitrogen and oxygen atoms in total. The summed E-state index contributed by atoms with van der Waals surface area (Å²) >= 11 is 3.79. The number of rotatable bonds is 11. The van der Waals surface area contributed by atoms with E-state index < -0.39 is 0 Å². The van der Waals surface area contributed by atoms with Crippen LogP contribution in [0.15, 0.2) is 84.9 Å². The van der Waals surface area contributed by atoms with Crippen molar-refractivity contribution in [2.75, 3.05) is 25.7 Å². The number of thioether (sulfide) groups is 2. The summed E-state index contributed by atoms with van der Waals surface area (Å²) in [6.07, 6.45) is 6.19. The predicted octanol–water partition coefficient (Wildman–Crippen LogP) is 9.92. The monoisotopic (exact) mass is 528 g/mol. The normalized spacial score (nSPS) is 9.50. The third-order valence-electron chi connectivity index (χ3n) is 4.81. The quantitative estimate of drug-likeness (QED) is 0.246. The SMILES string of the molecule is CCCCC.CCOCc1ccccc1.CCSCc1ccc(OC)cc1.CSCc1ccccc1. The zero-order valence-electron chi connectivity index (χ0n) is 23.4. The van der Waals surface area contributed by atoms with Crippen molar-refractivity contribution in [2.24, 2.45) is 0 Å². The Labute approximate surface area is 230 Å². The Hall–Kier alpha value is -1.88. The molecule has 4 heteroatoms. The van der Waals surface area contributed by atoms with E-state index in [1.54, 1.807) is 7.11 Å². The van der Waals surface area contributed by atoms with Gasteiger partial charge in [-0.25, -0.2) is 0 Å². The molecule has 0 heterocycles. The number of hydrogen-bond acceptors (Lipinski definition) is 4. The van der Waals surface area contributed by atoms with Crippen LogP contribution in [0.2, 0.25) is 0 Å². The van der Waals surface area contributed by atoms with Crippen LogP contribution < -0.4 is 4.74 Å². The molecule has 200 valence electrons. The van der Waals surface area contributed by atoms with Crippen molar-refractivity contribution in [2.45, 2.75) is 65.1 Å². The van der Waals surface area contributed by atoms with Crippen molar-refractivity contribution in [3.63, 3.8) is 0 Å². The Balaban J connectivity index is 0.000000471. The Bertz CT molecular complexity index is 807. The van der Waals surface area contributed by atoms with Gasteiger partial charge in [0.2, 0.25) is 0 Å². The van der Waals surface area contributed by atoms with E-state index in [2.05, 4.69) is 75.6 Å². The summed E-state index contributed by atoms with van der Waals surface area (Å²) < 4.78 is 10.3. The molecular weight excluding hydrogens is 480 g/mol. The van der Waals surface area contributed by atoms with Gasteiger partial charge in [-0.05, 0) is 47.8 Å². The zero-order valence-corrected chi connectivity index (χ0v) is 25.0. The lowest BCUT2D eigenvalue weighted by Gasteiger charge is -2.01. The second-order valence-corrected chi connectivity index (χ2v) is 10.0. The summed E-state index contributed by atoms with van der Waals surface area (Å²) in [6.45, 7) is 10.1. The molecule has 0 fully saturated rings. The van der Waals surface area contributed by atoms with E-state index >= 15 is 0 Å². The van der Waals surface area contributed by atoms with Crippen LogP contribution in [0.1, 0.15) is 63.6 Å². The summed E-state index contributed by atoms with van der Waals surface area (Å²) in [5, 5.41) is 0. The van der Waals surface area contributed by atoms with Crippen LogP contribution >= 0.6 is 23.5 Å². The molecule has 0 aliphatic rings. The molecule has 0 unspecified atom stereocenters. The van der Waals surface area contributed by atoms with E-state index in [0.717, 1.165) is 30.5 Å². The molecule has 0 radical (unpaired) electrons. The summed E-state index contributed by atoms with van der Waals surface area (Å²) in [7, 11) is 1.69. The summed E-state index contributed by atoms with van der Waals surface area (Å²) in [6, 6.07) is 28.9. The maximum atomic E-state index is 5.22. The van der Waals surface area contributed by atoms with Gasteiger partial charge in [0, 0.05) is 18.1 Å².